The standard InChI is InChI=1S/C13H22O4.C2H6/c1-4-16-11(14)10(2)17-12(15)13(3)8-6-5-7-9-13;1-2/h10H,4-9H2,1-3H3;1-2H3. The van der Waals surface area contributed by atoms with Crippen molar-refractivity contribution >= 4 is 11.9 Å². The molecule has 0 N–H and O–H groups in total. The molecule has 1 aliphatic carbocycles. The van der Waals surface area contributed by atoms with E-state index in [4.69, 9.17) is 9.47 Å². The number of ether oxygens (including phenoxy) is 2. The van der Waals surface area contributed by atoms with Gasteiger partial charge in [-0.2, -0.15) is 0 Å². The summed E-state index contributed by atoms with van der Waals surface area (Å²) in [5, 5.41) is 0. The first-order valence-electron chi connectivity index (χ1n) is 7.37. The first kappa shape index (κ1) is 17.9. The zero-order valence-corrected chi connectivity index (χ0v) is 13.0. The maximum absolute atomic E-state index is 12.0. The number of hydrogen-bond acceptors (Lipinski definition) is 4. The van der Waals surface area contributed by atoms with Crippen LogP contribution in [0.5, 0.6) is 0 Å². The van der Waals surface area contributed by atoms with Crippen molar-refractivity contribution in [3.05, 3.63) is 0 Å². The highest BCUT2D eigenvalue weighted by Gasteiger charge is 2.37. The molecule has 19 heavy (non-hydrogen) atoms. The van der Waals surface area contributed by atoms with Crippen LogP contribution in [0.15, 0.2) is 0 Å². The zero-order chi connectivity index (χ0) is 14.9. The van der Waals surface area contributed by atoms with Crippen LogP contribution in [0, 0.1) is 5.41 Å². The molecule has 1 unspecified atom stereocenters. The summed E-state index contributed by atoms with van der Waals surface area (Å²) in [5.74, 6) is -0.738. The number of carbonyl (C=O) groups is 2. The monoisotopic (exact) mass is 272 g/mol. The molecule has 0 aromatic carbocycles. The first-order valence-corrected chi connectivity index (χ1v) is 7.37. The molecule has 1 saturated carbocycles. The maximum atomic E-state index is 12.0. The lowest BCUT2D eigenvalue weighted by molar-refractivity contribution is -0.173. The van der Waals surface area contributed by atoms with E-state index in [1.807, 2.05) is 20.8 Å². The minimum absolute atomic E-state index is 0.266. The highest BCUT2D eigenvalue weighted by molar-refractivity contribution is 5.81. The fraction of sp³-hybridized carbons (Fsp3) is 0.867. The molecule has 0 spiro atoms. The minimum Gasteiger partial charge on any atom is -0.463 e. The van der Waals surface area contributed by atoms with Crippen LogP contribution in [0.1, 0.15) is 66.7 Å². The van der Waals surface area contributed by atoms with Crippen LogP contribution in [0.2, 0.25) is 0 Å². The molecule has 0 aromatic heterocycles. The van der Waals surface area contributed by atoms with Gasteiger partial charge in [-0.15, -0.1) is 0 Å². The van der Waals surface area contributed by atoms with Gasteiger partial charge in [0.25, 0.3) is 0 Å². The fourth-order valence-corrected chi connectivity index (χ4v) is 2.15. The van der Waals surface area contributed by atoms with Crippen LogP contribution in [0.3, 0.4) is 0 Å². The summed E-state index contributed by atoms with van der Waals surface area (Å²) in [7, 11) is 0. The van der Waals surface area contributed by atoms with Crippen molar-refractivity contribution in [1.82, 2.24) is 0 Å². The Balaban J connectivity index is 0.00000154. The second-order valence-corrected chi connectivity index (χ2v) is 4.92. The lowest BCUT2D eigenvalue weighted by Gasteiger charge is -2.31. The predicted molar refractivity (Wildman–Crippen MR) is 74.7 cm³/mol. The van der Waals surface area contributed by atoms with E-state index in [2.05, 4.69) is 0 Å². The highest BCUT2D eigenvalue weighted by Crippen LogP contribution is 2.37. The molecule has 0 amide bonds. The quantitative estimate of drug-likeness (QED) is 0.735. The van der Waals surface area contributed by atoms with Gasteiger partial charge in [-0.1, -0.05) is 33.1 Å². The van der Waals surface area contributed by atoms with Crippen molar-refractivity contribution in [3.63, 3.8) is 0 Å². The molecule has 0 saturated heterocycles. The van der Waals surface area contributed by atoms with E-state index in [0.717, 1.165) is 25.7 Å². The van der Waals surface area contributed by atoms with Crippen LogP contribution in [0.4, 0.5) is 0 Å². The van der Waals surface area contributed by atoms with Gasteiger partial charge in [-0.25, -0.2) is 4.79 Å². The molecule has 1 atom stereocenters. The topological polar surface area (TPSA) is 52.6 Å². The molecule has 4 nitrogen and oxygen atoms in total. The third-order valence-electron chi connectivity index (χ3n) is 3.35. The summed E-state index contributed by atoms with van der Waals surface area (Å²) in [6.07, 6.45) is 4.18. The van der Waals surface area contributed by atoms with E-state index in [-0.39, 0.29) is 5.97 Å². The number of esters is 2. The molecule has 0 aromatic rings. The van der Waals surface area contributed by atoms with Gasteiger partial charge in [0.05, 0.1) is 12.0 Å². The molecule has 1 rings (SSSR count). The van der Waals surface area contributed by atoms with E-state index in [9.17, 15) is 9.59 Å². The lowest BCUT2D eigenvalue weighted by Crippen LogP contribution is -2.36. The van der Waals surface area contributed by atoms with Gasteiger partial charge < -0.3 is 9.47 Å². The van der Waals surface area contributed by atoms with Crippen molar-refractivity contribution in [2.45, 2.75) is 72.8 Å². The Hall–Kier alpha value is -1.06. The van der Waals surface area contributed by atoms with Gasteiger partial charge in [-0.05, 0) is 33.6 Å². The predicted octanol–water partition coefficient (Wildman–Crippen LogP) is 3.48. The average molecular weight is 272 g/mol. The van der Waals surface area contributed by atoms with Crippen LogP contribution < -0.4 is 0 Å². The molecule has 0 radical (unpaired) electrons. The number of hydrogen-bond donors (Lipinski definition) is 0. The van der Waals surface area contributed by atoms with Gasteiger partial charge in [0.1, 0.15) is 0 Å². The van der Waals surface area contributed by atoms with E-state index >= 15 is 0 Å². The molecular weight excluding hydrogens is 244 g/mol. The van der Waals surface area contributed by atoms with Gasteiger partial charge >= 0.3 is 11.9 Å². The van der Waals surface area contributed by atoms with Crippen molar-refractivity contribution in [3.8, 4) is 0 Å². The average Bonchev–Trinajstić information content (AvgIpc) is 2.42. The largest absolute Gasteiger partial charge is 0.463 e. The smallest absolute Gasteiger partial charge is 0.347 e. The third kappa shape index (κ3) is 5.62. The minimum atomic E-state index is -0.804. The maximum Gasteiger partial charge on any atom is 0.347 e. The molecule has 0 heterocycles. The van der Waals surface area contributed by atoms with Gasteiger partial charge in [0.15, 0.2) is 6.10 Å². The van der Waals surface area contributed by atoms with Crippen LogP contribution in [-0.2, 0) is 19.1 Å². The molecular formula is C15H28O4. The molecule has 0 bridgehead atoms. The highest BCUT2D eigenvalue weighted by atomic mass is 16.6. The summed E-state index contributed by atoms with van der Waals surface area (Å²) in [5.41, 5.74) is -0.418. The van der Waals surface area contributed by atoms with E-state index < -0.39 is 17.5 Å². The van der Waals surface area contributed by atoms with Crippen LogP contribution in [-0.4, -0.2) is 24.6 Å². The molecule has 112 valence electrons. The summed E-state index contributed by atoms with van der Waals surface area (Å²) >= 11 is 0. The SMILES string of the molecule is CC.CCOC(=O)C(C)OC(=O)C1(C)CCCCC1. The van der Waals surface area contributed by atoms with E-state index in [1.165, 1.54) is 6.42 Å². The fourth-order valence-electron chi connectivity index (χ4n) is 2.15. The Bertz CT molecular complexity index is 280. The third-order valence-corrected chi connectivity index (χ3v) is 3.35. The lowest BCUT2D eigenvalue weighted by atomic mass is 9.76. The number of carbonyl (C=O) groups excluding carboxylic acids is 2. The van der Waals surface area contributed by atoms with Crippen molar-refractivity contribution in [2.24, 2.45) is 5.41 Å². The Kier molecular flexibility index (Phi) is 8.44. The zero-order valence-electron chi connectivity index (χ0n) is 13.0. The van der Waals surface area contributed by atoms with Crippen LogP contribution >= 0.6 is 0 Å². The molecule has 1 fully saturated rings. The first-order chi connectivity index (χ1) is 8.99. The van der Waals surface area contributed by atoms with Gasteiger partial charge in [0.2, 0.25) is 0 Å². The Morgan fingerprint density at radius 3 is 2.16 bits per heavy atom. The van der Waals surface area contributed by atoms with Gasteiger partial charge in [0, 0.05) is 0 Å². The van der Waals surface area contributed by atoms with Crippen molar-refractivity contribution in [1.29, 1.82) is 0 Å². The summed E-state index contributed by atoms with van der Waals surface area (Å²) < 4.78 is 10.0. The van der Waals surface area contributed by atoms with E-state index in [0.29, 0.717) is 6.61 Å². The Morgan fingerprint density at radius 2 is 1.68 bits per heavy atom. The number of rotatable bonds is 4. The Morgan fingerprint density at radius 1 is 1.16 bits per heavy atom. The molecule has 0 aliphatic heterocycles. The second kappa shape index (κ2) is 8.94. The van der Waals surface area contributed by atoms with Crippen molar-refractivity contribution < 1.29 is 19.1 Å². The normalized spacial score (nSPS) is 18.6. The summed E-state index contributed by atoms with van der Waals surface area (Å²) in [4.78, 5) is 23.4. The van der Waals surface area contributed by atoms with Gasteiger partial charge in [-0.3, -0.25) is 4.79 Å². The Labute approximate surface area is 116 Å². The van der Waals surface area contributed by atoms with Crippen molar-refractivity contribution in [2.75, 3.05) is 6.61 Å². The van der Waals surface area contributed by atoms with E-state index in [1.54, 1.807) is 13.8 Å². The summed E-state index contributed by atoms with van der Waals surface area (Å²) in [6.45, 7) is 9.52. The summed E-state index contributed by atoms with van der Waals surface area (Å²) in [6, 6.07) is 0. The van der Waals surface area contributed by atoms with Crippen LogP contribution in [0.25, 0.3) is 0 Å². The molecule has 1 aliphatic rings. The molecule has 4 heteroatoms. The second-order valence-electron chi connectivity index (χ2n) is 4.92.